The number of ether oxygens (including phenoxy) is 4. The molecule has 1 spiro atoms. The maximum atomic E-state index is 6.38. The van der Waals surface area contributed by atoms with Crippen LogP contribution in [-0.4, -0.2) is 48.3 Å². The number of benzene rings is 1. The van der Waals surface area contributed by atoms with Crippen LogP contribution in [0.4, 0.5) is 0 Å². The average molecular weight is 471 g/mol. The van der Waals surface area contributed by atoms with Gasteiger partial charge in [-0.15, -0.1) is 0 Å². The van der Waals surface area contributed by atoms with Gasteiger partial charge in [-0.2, -0.15) is 0 Å². The summed E-state index contributed by atoms with van der Waals surface area (Å²) >= 11 is 2.41. The summed E-state index contributed by atoms with van der Waals surface area (Å²) in [4.78, 5) is 2.68. The highest BCUT2D eigenvalue weighted by Crippen LogP contribution is 2.51. The monoisotopic (exact) mass is 471 g/mol. The summed E-state index contributed by atoms with van der Waals surface area (Å²) in [6, 6.07) is 4.25. The number of halogens is 1. The number of nitrogens with zero attached hydrogens (tertiary/aromatic N) is 1. The molecule has 0 aromatic heterocycles. The predicted octanol–water partition coefficient (Wildman–Crippen LogP) is 3.71. The third-order valence-electron chi connectivity index (χ3n) is 6.44. The minimum Gasteiger partial charge on any atom is -0.454 e. The summed E-state index contributed by atoms with van der Waals surface area (Å²) in [7, 11) is 0. The van der Waals surface area contributed by atoms with Gasteiger partial charge in [0, 0.05) is 15.7 Å². The maximum absolute atomic E-state index is 6.38. The van der Waals surface area contributed by atoms with Crippen molar-refractivity contribution in [3.8, 4) is 11.5 Å². The number of hydrogen-bond acceptors (Lipinski definition) is 5. The largest absolute Gasteiger partial charge is 0.454 e. The highest BCUT2D eigenvalue weighted by Gasteiger charge is 2.60. The molecule has 4 aliphatic rings. The van der Waals surface area contributed by atoms with Crippen LogP contribution < -0.4 is 9.47 Å². The fourth-order valence-electron chi connectivity index (χ4n) is 5.34. The lowest BCUT2D eigenvalue weighted by Gasteiger charge is -2.39. The molecule has 3 fully saturated rings. The molecule has 0 amide bonds. The van der Waals surface area contributed by atoms with E-state index in [9.17, 15) is 0 Å². The zero-order valence-electron chi connectivity index (χ0n) is 15.4. The second kappa shape index (κ2) is 6.22. The normalized spacial score (nSPS) is 34.7. The molecule has 142 valence electrons. The second-order valence-electron chi connectivity index (χ2n) is 8.37. The number of fused-ring (bicyclic) bond motifs is 3. The van der Waals surface area contributed by atoms with Crippen LogP contribution in [0.2, 0.25) is 0 Å². The van der Waals surface area contributed by atoms with E-state index >= 15 is 0 Å². The van der Waals surface area contributed by atoms with Crippen molar-refractivity contribution in [3.05, 3.63) is 21.3 Å². The van der Waals surface area contributed by atoms with Crippen LogP contribution in [0.15, 0.2) is 12.1 Å². The maximum Gasteiger partial charge on any atom is 0.231 e. The van der Waals surface area contributed by atoms with Gasteiger partial charge in [-0.25, -0.2) is 0 Å². The lowest BCUT2D eigenvalue weighted by molar-refractivity contribution is -0.166. The number of likely N-dealkylation sites (tertiary alicyclic amines) is 1. The third-order valence-corrected chi connectivity index (χ3v) is 7.44. The number of rotatable bonds is 3. The van der Waals surface area contributed by atoms with Crippen molar-refractivity contribution in [2.24, 2.45) is 0 Å². The minimum absolute atomic E-state index is 0.167. The lowest BCUT2D eigenvalue weighted by Crippen LogP contribution is -2.52. The van der Waals surface area contributed by atoms with Crippen LogP contribution in [0.25, 0.3) is 0 Å². The molecule has 0 unspecified atom stereocenters. The van der Waals surface area contributed by atoms with Crippen LogP contribution in [0, 0.1) is 3.57 Å². The molecule has 0 bridgehead atoms. The van der Waals surface area contributed by atoms with Crippen molar-refractivity contribution in [3.63, 3.8) is 0 Å². The molecular weight excluding hydrogens is 445 g/mol. The topological polar surface area (TPSA) is 40.2 Å². The Morgan fingerprint density at radius 2 is 1.96 bits per heavy atom. The second-order valence-corrected chi connectivity index (χ2v) is 9.54. The molecule has 2 saturated heterocycles. The molecule has 6 heteroatoms. The molecule has 1 aliphatic carbocycles. The quantitative estimate of drug-likeness (QED) is 0.629. The Bertz CT molecular complexity index is 724. The van der Waals surface area contributed by atoms with E-state index in [2.05, 4.69) is 39.6 Å². The lowest BCUT2D eigenvalue weighted by atomic mass is 9.91. The minimum atomic E-state index is -0.441. The van der Waals surface area contributed by atoms with Gasteiger partial charge in [0.15, 0.2) is 17.3 Å². The molecule has 5 nitrogen and oxygen atoms in total. The van der Waals surface area contributed by atoms with E-state index in [1.54, 1.807) is 0 Å². The van der Waals surface area contributed by atoms with Crippen molar-refractivity contribution in [1.29, 1.82) is 0 Å². The fraction of sp³-hybridized carbons (Fsp3) is 0.700. The molecule has 3 atom stereocenters. The van der Waals surface area contributed by atoms with E-state index in [0.717, 1.165) is 37.4 Å². The van der Waals surface area contributed by atoms with E-state index < -0.39 is 5.79 Å². The van der Waals surface area contributed by atoms with Gasteiger partial charge in [-0.1, -0.05) is 0 Å². The van der Waals surface area contributed by atoms with Crippen molar-refractivity contribution in [1.82, 2.24) is 4.90 Å². The van der Waals surface area contributed by atoms with Crippen LogP contribution in [0.1, 0.15) is 45.1 Å². The van der Waals surface area contributed by atoms with E-state index in [1.165, 1.54) is 28.4 Å². The smallest absolute Gasteiger partial charge is 0.231 e. The van der Waals surface area contributed by atoms with Gasteiger partial charge in [0.25, 0.3) is 0 Å². The molecule has 5 rings (SSSR count). The van der Waals surface area contributed by atoms with Crippen LogP contribution in [0.5, 0.6) is 11.5 Å². The standard InChI is InChI=1S/C20H26INO4/c1-19(2)25-15-4-7-20(18(15)26-19)6-3-8-22(20)9-5-13-10-16-17(11-14(13)21)24-12-23-16/h10-11,15,18H,3-9,12H2,1-2H3/t15-,18-,20-/m0/s1. The van der Waals surface area contributed by atoms with Crippen molar-refractivity contribution in [2.45, 2.75) is 69.5 Å². The Hall–Kier alpha value is -0.570. The van der Waals surface area contributed by atoms with Crippen molar-refractivity contribution in [2.75, 3.05) is 19.9 Å². The van der Waals surface area contributed by atoms with Gasteiger partial charge < -0.3 is 18.9 Å². The molecular formula is C20H26INO4. The van der Waals surface area contributed by atoms with Gasteiger partial charge in [0.2, 0.25) is 6.79 Å². The Labute approximate surface area is 168 Å². The van der Waals surface area contributed by atoms with E-state index in [4.69, 9.17) is 18.9 Å². The highest BCUT2D eigenvalue weighted by atomic mass is 127. The summed E-state index contributed by atoms with van der Waals surface area (Å²) in [5, 5.41) is 0. The molecule has 1 aromatic rings. The zero-order chi connectivity index (χ0) is 17.9. The van der Waals surface area contributed by atoms with E-state index in [-0.39, 0.29) is 17.7 Å². The Balaban J connectivity index is 1.33. The Kier molecular flexibility index (Phi) is 4.19. The zero-order valence-corrected chi connectivity index (χ0v) is 17.6. The molecule has 3 aliphatic heterocycles. The van der Waals surface area contributed by atoms with Crippen LogP contribution in [-0.2, 0) is 15.9 Å². The predicted molar refractivity (Wildman–Crippen MR) is 106 cm³/mol. The first-order chi connectivity index (χ1) is 12.5. The van der Waals surface area contributed by atoms with Crippen LogP contribution in [0.3, 0.4) is 0 Å². The van der Waals surface area contributed by atoms with Gasteiger partial charge in [-0.3, -0.25) is 4.90 Å². The van der Waals surface area contributed by atoms with Gasteiger partial charge in [0.1, 0.15) is 6.10 Å². The van der Waals surface area contributed by atoms with Crippen LogP contribution >= 0.6 is 22.6 Å². The highest BCUT2D eigenvalue weighted by molar-refractivity contribution is 14.1. The fourth-order valence-corrected chi connectivity index (χ4v) is 6.05. The summed E-state index contributed by atoms with van der Waals surface area (Å²) in [5.74, 6) is 1.31. The Morgan fingerprint density at radius 1 is 1.15 bits per heavy atom. The molecule has 3 heterocycles. The summed E-state index contributed by atoms with van der Waals surface area (Å²) in [6.45, 7) is 6.65. The molecule has 0 N–H and O–H groups in total. The van der Waals surface area contributed by atoms with E-state index in [0.29, 0.717) is 6.79 Å². The number of hydrogen-bond donors (Lipinski definition) is 0. The molecule has 1 saturated carbocycles. The first kappa shape index (κ1) is 17.5. The van der Waals surface area contributed by atoms with Gasteiger partial charge in [-0.05, 0) is 92.8 Å². The molecule has 26 heavy (non-hydrogen) atoms. The average Bonchev–Trinajstić information content (AvgIpc) is 3.32. The summed E-state index contributed by atoms with van der Waals surface area (Å²) in [5.41, 5.74) is 1.51. The molecule has 1 aromatic carbocycles. The Morgan fingerprint density at radius 3 is 2.81 bits per heavy atom. The molecule has 0 radical (unpaired) electrons. The first-order valence-corrected chi connectivity index (χ1v) is 10.7. The van der Waals surface area contributed by atoms with E-state index in [1.807, 2.05) is 13.8 Å². The summed E-state index contributed by atoms with van der Waals surface area (Å²) in [6.07, 6.45) is 6.30. The van der Waals surface area contributed by atoms with Gasteiger partial charge in [0.05, 0.1) is 6.10 Å². The third kappa shape index (κ3) is 2.75. The van der Waals surface area contributed by atoms with Gasteiger partial charge >= 0.3 is 0 Å². The summed E-state index contributed by atoms with van der Waals surface area (Å²) < 4.78 is 24.8. The SMILES string of the molecule is CC1(C)O[C@H]2CC[C@@]3(CCCN3CCc3cc4c(cc3I)OCO4)[C@H]2O1. The van der Waals surface area contributed by atoms with Crippen molar-refractivity contribution >= 4 is 22.6 Å². The van der Waals surface area contributed by atoms with Crippen molar-refractivity contribution < 1.29 is 18.9 Å². The first-order valence-electron chi connectivity index (χ1n) is 9.66.